The number of nitrogens with zero attached hydrogens (tertiary/aromatic N) is 3. The van der Waals surface area contributed by atoms with Gasteiger partial charge in [0, 0.05) is 11.9 Å². The summed E-state index contributed by atoms with van der Waals surface area (Å²) < 4.78 is 0. The van der Waals surface area contributed by atoms with E-state index in [2.05, 4.69) is 14.9 Å². The van der Waals surface area contributed by atoms with E-state index in [-0.39, 0.29) is 5.91 Å². The maximum absolute atomic E-state index is 11.9. The van der Waals surface area contributed by atoms with Crippen LogP contribution in [-0.2, 0) is 4.79 Å². The predicted octanol–water partition coefficient (Wildman–Crippen LogP) is 1.39. The third-order valence-electron chi connectivity index (χ3n) is 4.78. The van der Waals surface area contributed by atoms with Gasteiger partial charge in [0.1, 0.15) is 17.7 Å². The molecule has 1 saturated carbocycles. The second-order valence-electron chi connectivity index (χ2n) is 5.95. The van der Waals surface area contributed by atoms with Gasteiger partial charge in [0.05, 0.1) is 5.52 Å². The number of primary amides is 1. The van der Waals surface area contributed by atoms with Gasteiger partial charge in [0.25, 0.3) is 0 Å². The van der Waals surface area contributed by atoms with Gasteiger partial charge in [-0.1, -0.05) is 12.1 Å². The van der Waals surface area contributed by atoms with Crippen LogP contribution in [0.2, 0.25) is 0 Å². The number of hydrogen-bond donors (Lipinski definition) is 1. The van der Waals surface area contributed by atoms with Crippen molar-refractivity contribution in [3.8, 4) is 0 Å². The van der Waals surface area contributed by atoms with Crippen molar-refractivity contribution in [2.24, 2.45) is 11.7 Å². The zero-order valence-corrected chi connectivity index (χ0v) is 11.3. The molecule has 3 heterocycles. The first-order chi connectivity index (χ1) is 9.62. The van der Waals surface area contributed by atoms with Gasteiger partial charge in [-0.25, -0.2) is 9.97 Å². The summed E-state index contributed by atoms with van der Waals surface area (Å²) >= 11 is 0. The smallest absolute Gasteiger partial charge is 0.243 e. The third kappa shape index (κ3) is 1.30. The second kappa shape index (κ2) is 3.69. The Morgan fingerprint density at radius 1 is 1.40 bits per heavy atom. The summed E-state index contributed by atoms with van der Waals surface area (Å²) in [5.74, 6) is 1.19. The fourth-order valence-electron chi connectivity index (χ4n) is 3.77. The molecule has 1 aromatic heterocycles. The minimum absolute atomic E-state index is 0.230. The summed E-state index contributed by atoms with van der Waals surface area (Å²) in [4.78, 5) is 22.8. The summed E-state index contributed by atoms with van der Waals surface area (Å²) in [6, 6.07) is 6.01. The Labute approximate surface area is 116 Å². The molecular formula is C15H16N4O. The minimum Gasteiger partial charge on any atom is -0.368 e. The molecule has 0 radical (unpaired) electrons. The van der Waals surface area contributed by atoms with Crippen LogP contribution in [0.15, 0.2) is 24.5 Å². The molecule has 2 aliphatic heterocycles. The lowest BCUT2D eigenvalue weighted by Crippen LogP contribution is -2.56. The van der Waals surface area contributed by atoms with E-state index in [4.69, 9.17) is 5.73 Å². The fourth-order valence-corrected chi connectivity index (χ4v) is 3.77. The van der Waals surface area contributed by atoms with Crippen molar-refractivity contribution >= 4 is 22.6 Å². The number of aromatic nitrogens is 2. The Kier molecular flexibility index (Phi) is 2.14. The van der Waals surface area contributed by atoms with Gasteiger partial charge in [0.2, 0.25) is 5.91 Å². The summed E-state index contributed by atoms with van der Waals surface area (Å²) in [6.07, 6.45) is 3.29. The number of anilines is 1. The van der Waals surface area contributed by atoms with Gasteiger partial charge in [-0.15, -0.1) is 0 Å². The van der Waals surface area contributed by atoms with Crippen molar-refractivity contribution in [1.29, 1.82) is 0 Å². The lowest BCUT2D eigenvalue weighted by atomic mass is 9.73. The number of hydrogen-bond acceptors (Lipinski definition) is 4. The fraction of sp³-hybridized carbons (Fsp3) is 0.400. The van der Waals surface area contributed by atoms with E-state index in [0.717, 1.165) is 41.7 Å². The molecule has 20 heavy (non-hydrogen) atoms. The minimum atomic E-state index is -0.520. The molecule has 2 saturated heterocycles. The van der Waals surface area contributed by atoms with Crippen molar-refractivity contribution in [3.63, 3.8) is 0 Å². The number of aryl methyl sites for hydroxylation is 1. The highest BCUT2D eigenvalue weighted by atomic mass is 16.1. The molecule has 3 aliphatic rings. The Morgan fingerprint density at radius 2 is 2.20 bits per heavy atom. The summed E-state index contributed by atoms with van der Waals surface area (Å²) in [7, 11) is 0. The Balaban J connectivity index is 1.94. The van der Waals surface area contributed by atoms with Crippen molar-refractivity contribution in [1.82, 2.24) is 9.97 Å². The van der Waals surface area contributed by atoms with E-state index in [1.807, 2.05) is 25.1 Å². The first kappa shape index (κ1) is 11.6. The van der Waals surface area contributed by atoms with E-state index in [9.17, 15) is 4.79 Å². The summed E-state index contributed by atoms with van der Waals surface area (Å²) in [6.45, 7) is 2.91. The number of fused-ring (bicyclic) bond motifs is 2. The lowest BCUT2D eigenvalue weighted by Gasteiger charge is -2.39. The Morgan fingerprint density at radius 3 is 2.95 bits per heavy atom. The van der Waals surface area contributed by atoms with Gasteiger partial charge in [0.15, 0.2) is 0 Å². The van der Waals surface area contributed by atoms with Crippen molar-refractivity contribution in [2.45, 2.75) is 25.3 Å². The molecule has 0 unspecified atom stereocenters. The SMILES string of the molecule is Cc1cccc2ncnc(N3CC4CC3(C(N)=O)C4)c12. The average Bonchev–Trinajstić information content (AvgIpc) is 2.94. The molecule has 1 amide bonds. The zero-order chi connectivity index (χ0) is 13.9. The topological polar surface area (TPSA) is 72.1 Å². The first-order valence-electron chi connectivity index (χ1n) is 6.90. The van der Waals surface area contributed by atoms with Crippen LogP contribution < -0.4 is 10.6 Å². The number of rotatable bonds is 2. The van der Waals surface area contributed by atoms with Gasteiger partial charge in [-0.2, -0.15) is 0 Å². The number of carbonyl (C=O) groups is 1. The van der Waals surface area contributed by atoms with Crippen LogP contribution in [-0.4, -0.2) is 28.0 Å². The van der Waals surface area contributed by atoms with Gasteiger partial charge in [-0.3, -0.25) is 4.79 Å². The monoisotopic (exact) mass is 268 g/mol. The molecule has 5 nitrogen and oxygen atoms in total. The molecule has 2 aromatic rings. The van der Waals surface area contributed by atoms with Crippen molar-refractivity contribution in [3.05, 3.63) is 30.1 Å². The number of benzene rings is 1. The normalized spacial score (nSPS) is 27.6. The Bertz CT molecular complexity index is 716. The highest BCUT2D eigenvalue weighted by molar-refractivity contribution is 5.97. The molecule has 2 bridgehead atoms. The quantitative estimate of drug-likeness (QED) is 0.893. The maximum Gasteiger partial charge on any atom is 0.243 e. The number of amides is 1. The molecule has 102 valence electrons. The zero-order valence-electron chi connectivity index (χ0n) is 11.3. The van der Waals surface area contributed by atoms with E-state index < -0.39 is 5.54 Å². The van der Waals surface area contributed by atoms with Crippen LogP contribution in [0.1, 0.15) is 18.4 Å². The third-order valence-corrected chi connectivity index (χ3v) is 4.78. The van der Waals surface area contributed by atoms with Gasteiger partial charge < -0.3 is 10.6 Å². The van der Waals surface area contributed by atoms with E-state index in [1.165, 1.54) is 0 Å². The van der Waals surface area contributed by atoms with Crippen LogP contribution in [0.5, 0.6) is 0 Å². The first-order valence-corrected chi connectivity index (χ1v) is 6.90. The molecular weight excluding hydrogens is 252 g/mol. The van der Waals surface area contributed by atoms with Crippen molar-refractivity contribution in [2.75, 3.05) is 11.4 Å². The van der Waals surface area contributed by atoms with Crippen LogP contribution in [0.4, 0.5) is 5.82 Å². The predicted molar refractivity (Wildman–Crippen MR) is 76.3 cm³/mol. The maximum atomic E-state index is 11.9. The molecule has 0 atom stereocenters. The number of nitrogens with two attached hydrogens (primary N) is 1. The van der Waals surface area contributed by atoms with E-state index in [0.29, 0.717) is 5.92 Å². The largest absolute Gasteiger partial charge is 0.368 e. The van der Waals surface area contributed by atoms with Gasteiger partial charge >= 0.3 is 0 Å². The van der Waals surface area contributed by atoms with E-state index >= 15 is 0 Å². The van der Waals surface area contributed by atoms with Crippen molar-refractivity contribution < 1.29 is 4.79 Å². The van der Waals surface area contributed by atoms with Crippen LogP contribution in [0, 0.1) is 12.8 Å². The molecule has 1 aliphatic carbocycles. The standard InChI is InChI=1S/C15H16N4O/c1-9-3-2-4-11-12(9)13(18-8-17-11)19-7-10-5-15(19,6-10)14(16)20/h2-4,8,10H,5-7H2,1H3,(H2,16,20). The summed E-state index contributed by atoms with van der Waals surface area (Å²) in [5.41, 5.74) is 7.18. The van der Waals surface area contributed by atoms with Crippen LogP contribution in [0.3, 0.4) is 0 Å². The second-order valence-corrected chi connectivity index (χ2v) is 5.95. The molecule has 5 heteroatoms. The number of carbonyl (C=O) groups excluding carboxylic acids is 1. The average molecular weight is 268 g/mol. The molecule has 0 spiro atoms. The molecule has 3 fully saturated rings. The van der Waals surface area contributed by atoms with E-state index in [1.54, 1.807) is 6.33 Å². The lowest BCUT2D eigenvalue weighted by molar-refractivity contribution is -0.125. The molecule has 1 aromatic carbocycles. The molecule has 2 N–H and O–H groups in total. The van der Waals surface area contributed by atoms with Crippen LogP contribution >= 0.6 is 0 Å². The van der Waals surface area contributed by atoms with Gasteiger partial charge in [-0.05, 0) is 37.3 Å². The van der Waals surface area contributed by atoms with Crippen LogP contribution in [0.25, 0.3) is 10.9 Å². The summed E-state index contributed by atoms with van der Waals surface area (Å²) in [5, 5.41) is 1.03. The molecule has 5 rings (SSSR count). The Hall–Kier alpha value is -2.17. The highest BCUT2D eigenvalue weighted by Crippen LogP contribution is 2.52. The highest BCUT2D eigenvalue weighted by Gasteiger charge is 2.60.